The number of fused-ring (bicyclic) bond motifs is 1. The average molecular weight is 458 g/mol. The lowest BCUT2D eigenvalue weighted by atomic mass is 10.0. The zero-order valence-electron chi connectivity index (χ0n) is 18.3. The van der Waals surface area contributed by atoms with Crippen LogP contribution in [0.15, 0.2) is 18.2 Å². The lowest BCUT2D eigenvalue weighted by Crippen LogP contribution is -2.44. The lowest BCUT2D eigenvalue weighted by Gasteiger charge is -2.14. The van der Waals surface area contributed by atoms with Gasteiger partial charge in [0.1, 0.15) is 18.5 Å². The van der Waals surface area contributed by atoms with Crippen molar-refractivity contribution in [2.45, 2.75) is 19.9 Å². The van der Waals surface area contributed by atoms with Crippen LogP contribution in [0.4, 0.5) is 14.9 Å². The van der Waals surface area contributed by atoms with Gasteiger partial charge in [-0.25, -0.2) is 14.2 Å². The number of hydrogen-bond donors (Lipinski definition) is 3. The normalized spacial score (nSPS) is 18.6. The molecule has 0 unspecified atom stereocenters. The van der Waals surface area contributed by atoms with Gasteiger partial charge in [-0.2, -0.15) is 0 Å². The largest absolute Gasteiger partial charge is 0.413 e. The Bertz CT molecular complexity index is 1160. The first-order valence-electron chi connectivity index (χ1n) is 10.2. The number of aromatic amines is 1. The number of aromatic nitrogens is 1. The number of rotatable bonds is 6. The summed E-state index contributed by atoms with van der Waals surface area (Å²) in [6, 6.07) is 3.18. The molecule has 11 heteroatoms. The first-order valence-corrected chi connectivity index (χ1v) is 10.2. The smallest absolute Gasteiger partial charge is 0.408 e. The summed E-state index contributed by atoms with van der Waals surface area (Å²) in [7, 11) is 1.51. The summed E-state index contributed by atoms with van der Waals surface area (Å²) >= 11 is 0. The molecular weight excluding hydrogens is 435 g/mol. The molecule has 174 valence electrons. The number of methoxy groups -OCH3 is 1. The second kappa shape index (κ2) is 9.04. The molecule has 0 aliphatic carbocycles. The van der Waals surface area contributed by atoms with E-state index in [4.69, 9.17) is 14.3 Å². The Morgan fingerprint density at radius 1 is 1.36 bits per heavy atom. The number of amides is 3. The zero-order chi connectivity index (χ0) is 23.7. The maximum atomic E-state index is 13.7. The van der Waals surface area contributed by atoms with Crippen molar-refractivity contribution in [2.75, 3.05) is 32.2 Å². The number of anilines is 1. The van der Waals surface area contributed by atoms with Gasteiger partial charge in [0.25, 0.3) is 11.8 Å². The van der Waals surface area contributed by atoms with Crippen LogP contribution in [0.5, 0.6) is 5.75 Å². The van der Waals surface area contributed by atoms with Gasteiger partial charge in [-0.15, -0.1) is 0 Å². The molecule has 3 N–H and O–H groups in total. The second-order valence-electron chi connectivity index (χ2n) is 7.64. The molecule has 0 radical (unpaired) electrons. The topological polar surface area (TPSA) is 122 Å². The number of benzene rings is 1. The summed E-state index contributed by atoms with van der Waals surface area (Å²) in [5.74, 6) is -0.947. The van der Waals surface area contributed by atoms with Gasteiger partial charge >= 0.3 is 6.09 Å². The van der Waals surface area contributed by atoms with Gasteiger partial charge in [0.15, 0.2) is 5.75 Å². The van der Waals surface area contributed by atoms with Crippen LogP contribution in [0, 0.1) is 19.7 Å². The van der Waals surface area contributed by atoms with Gasteiger partial charge in [-0.1, -0.05) is 0 Å². The van der Waals surface area contributed by atoms with E-state index in [1.54, 1.807) is 19.9 Å². The van der Waals surface area contributed by atoms with Crippen molar-refractivity contribution in [3.63, 3.8) is 0 Å². The van der Waals surface area contributed by atoms with Crippen LogP contribution >= 0.6 is 0 Å². The molecule has 33 heavy (non-hydrogen) atoms. The quantitative estimate of drug-likeness (QED) is 0.570. The van der Waals surface area contributed by atoms with Crippen molar-refractivity contribution in [2.24, 2.45) is 0 Å². The Morgan fingerprint density at radius 2 is 2.15 bits per heavy atom. The number of nitrogens with zero attached hydrogens (tertiary/aromatic N) is 1. The Labute approximate surface area is 188 Å². The fraction of sp³-hybridized carbons (Fsp3) is 0.318. The first-order chi connectivity index (χ1) is 15.8. The molecule has 10 nitrogen and oxygen atoms in total. The molecule has 0 saturated carbocycles. The van der Waals surface area contributed by atoms with Gasteiger partial charge in [0, 0.05) is 29.6 Å². The fourth-order valence-corrected chi connectivity index (χ4v) is 3.69. The Hall–Kier alpha value is -3.70. The number of aryl methyl sites for hydroxylation is 1. The van der Waals surface area contributed by atoms with Crippen molar-refractivity contribution >= 4 is 35.2 Å². The second-order valence-corrected chi connectivity index (χ2v) is 7.64. The highest BCUT2D eigenvalue weighted by Gasteiger charge is 2.35. The van der Waals surface area contributed by atoms with Crippen molar-refractivity contribution in [3.05, 3.63) is 46.5 Å². The summed E-state index contributed by atoms with van der Waals surface area (Å²) in [6.07, 6.45) is 0.761. The Balaban J connectivity index is 1.48. The molecule has 1 saturated heterocycles. The van der Waals surface area contributed by atoms with Gasteiger partial charge in [0.05, 0.1) is 24.4 Å². The van der Waals surface area contributed by atoms with E-state index in [2.05, 4.69) is 15.6 Å². The monoisotopic (exact) mass is 458 g/mol. The van der Waals surface area contributed by atoms with E-state index in [1.807, 2.05) is 0 Å². The van der Waals surface area contributed by atoms with E-state index in [0.717, 1.165) is 5.06 Å². The minimum Gasteiger partial charge on any atom is -0.408 e. The minimum absolute atomic E-state index is 0.00875. The minimum atomic E-state index is -0.871. The van der Waals surface area contributed by atoms with Crippen LogP contribution in [0.1, 0.15) is 22.5 Å². The third kappa shape index (κ3) is 4.45. The summed E-state index contributed by atoms with van der Waals surface area (Å²) in [5, 5.41) is 6.32. The van der Waals surface area contributed by atoms with Crippen LogP contribution in [0.3, 0.4) is 0 Å². The highest BCUT2D eigenvalue weighted by molar-refractivity contribution is 6.34. The van der Waals surface area contributed by atoms with Crippen LogP contribution in [0.25, 0.3) is 11.6 Å². The van der Waals surface area contributed by atoms with Gasteiger partial charge in [-0.3, -0.25) is 14.4 Å². The number of ether oxygens (including phenoxy) is 2. The van der Waals surface area contributed by atoms with Crippen molar-refractivity contribution in [1.82, 2.24) is 15.4 Å². The van der Waals surface area contributed by atoms with Crippen LogP contribution in [0.2, 0.25) is 0 Å². The predicted molar refractivity (Wildman–Crippen MR) is 116 cm³/mol. The highest BCUT2D eigenvalue weighted by atomic mass is 19.1. The molecule has 2 aromatic rings. The molecule has 0 spiro atoms. The van der Waals surface area contributed by atoms with Crippen molar-refractivity contribution < 1.29 is 33.1 Å². The molecule has 1 aromatic heterocycles. The zero-order valence-corrected chi connectivity index (χ0v) is 18.3. The molecular formula is C22H23FN4O6. The number of carbonyl (C=O) groups excluding carboxylic acids is 3. The van der Waals surface area contributed by atoms with Crippen LogP contribution in [-0.4, -0.2) is 60.9 Å². The number of hydroxylamine groups is 2. The maximum Gasteiger partial charge on any atom is 0.413 e. The average Bonchev–Trinajstić information content (AvgIpc) is 3.36. The third-order valence-electron chi connectivity index (χ3n) is 5.39. The molecule has 0 bridgehead atoms. The fourth-order valence-electron chi connectivity index (χ4n) is 3.69. The molecule has 4 rings (SSSR count). The maximum absolute atomic E-state index is 13.7. The molecule has 3 amide bonds. The number of carbonyl (C=O) groups is 3. The third-order valence-corrected chi connectivity index (χ3v) is 5.39. The number of H-pyrrole nitrogens is 1. The van der Waals surface area contributed by atoms with E-state index < -0.39 is 23.9 Å². The van der Waals surface area contributed by atoms with E-state index in [9.17, 15) is 18.8 Å². The molecule has 1 aromatic carbocycles. The van der Waals surface area contributed by atoms with Gasteiger partial charge in [-0.05, 0) is 38.1 Å². The van der Waals surface area contributed by atoms with Crippen molar-refractivity contribution in [3.8, 4) is 5.75 Å². The molecule has 1 fully saturated rings. The lowest BCUT2D eigenvalue weighted by molar-refractivity contribution is -0.164. The van der Waals surface area contributed by atoms with E-state index in [0.29, 0.717) is 34.8 Å². The highest BCUT2D eigenvalue weighted by Crippen LogP contribution is 2.35. The van der Waals surface area contributed by atoms with Crippen molar-refractivity contribution in [1.29, 1.82) is 0 Å². The predicted octanol–water partition coefficient (Wildman–Crippen LogP) is 2.14. The summed E-state index contributed by atoms with van der Waals surface area (Å²) in [5.41, 5.74) is 2.90. The Kier molecular flexibility index (Phi) is 6.16. The number of hydrogen-bond acceptors (Lipinski definition) is 6. The van der Waals surface area contributed by atoms with Gasteiger partial charge in [0.2, 0.25) is 0 Å². The molecule has 3 heterocycles. The van der Waals surface area contributed by atoms with E-state index >= 15 is 0 Å². The molecule has 1 atom stereocenters. The van der Waals surface area contributed by atoms with E-state index in [1.165, 1.54) is 25.3 Å². The summed E-state index contributed by atoms with van der Waals surface area (Å²) in [6.45, 7) is 3.96. The van der Waals surface area contributed by atoms with Gasteiger partial charge < -0.3 is 25.1 Å². The summed E-state index contributed by atoms with van der Waals surface area (Å²) in [4.78, 5) is 45.4. The SMILES string of the molecule is COCCN1OC[C@@H](NC(=O)Oc2c(C)[nH]c(/C=C3\C(=O)Nc4ccc(F)cc43)c2C)C1=O. The van der Waals surface area contributed by atoms with Crippen LogP contribution < -0.4 is 15.4 Å². The summed E-state index contributed by atoms with van der Waals surface area (Å²) < 4.78 is 24.1. The molecule has 2 aliphatic rings. The molecule has 2 aliphatic heterocycles. The number of halogens is 1. The number of nitrogens with one attached hydrogen (secondary N) is 3. The van der Waals surface area contributed by atoms with Crippen LogP contribution in [-0.2, 0) is 19.2 Å². The standard InChI is InChI=1S/C22H23FN4O6/c1-11-17(9-15-14-8-13(23)4-5-16(14)25-20(15)28)24-12(2)19(11)33-22(30)26-18-10-32-27(21(18)29)6-7-31-3/h4-5,8-9,18,24H,6-7,10H2,1-3H3,(H,25,28)(H,26,30)/b15-9-/t18-/m1/s1. The van der Waals surface area contributed by atoms with E-state index in [-0.39, 0.29) is 30.4 Å². The Morgan fingerprint density at radius 3 is 2.91 bits per heavy atom. The first kappa shape index (κ1) is 22.5.